The Morgan fingerprint density at radius 3 is 2.26 bits per heavy atom. The molecule has 0 aliphatic heterocycles. The van der Waals surface area contributed by atoms with Crippen molar-refractivity contribution in [3.63, 3.8) is 0 Å². The van der Waals surface area contributed by atoms with Gasteiger partial charge in [-0.15, -0.1) is 11.8 Å². The number of hydrogen-bond donors (Lipinski definition) is 4. The summed E-state index contributed by atoms with van der Waals surface area (Å²) in [5.41, 5.74) is 3.48. The van der Waals surface area contributed by atoms with Gasteiger partial charge < -0.3 is 25.7 Å². The van der Waals surface area contributed by atoms with Crippen molar-refractivity contribution in [2.75, 3.05) is 17.2 Å². The molecule has 0 saturated heterocycles. The van der Waals surface area contributed by atoms with Crippen LogP contribution in [0.4, 0.5) is 11.4 Å². The van der Waals surface area contributed by atoms with Crippen molar-refractivity contribution in [1.29, 1.82) is 0 Å². The molecular formula is C37H36N4O4S. The topological polar surface area (TPSA) is 112 Å². The number of hydrogen-bond acceptors (Lipinski definition) is 5. The van der Waals surface area contributed by atoms with Gasteiger partial charge in [0, 0.05) is 44.5 Å². The van der Waals surface area contributed by atoms with Crippen LogP contribution in [-0.2, 0) is 9.59 Å². The second kappa shape index (κ2) is 15.6. The third-order valence-corrected chi connectivity index (χ3v) is 8.24. The second-order valence-corrected chi connectivity index (χ2v) is 12.0. The van der Waals surface area contributed by atoms with Crippen molar-refractivity contribution in [3.8, 4) is 5.75 Å². The van der Waals surface area contributed by atoms with Gasteiger partial charge in [0.25, 0.3) is 11.8 Å². The van der Waals surface area contributed by atoms with Crippen LogP contribution >= 0.6 is 11.8 Å². The van der Waals surface area contributed by atoms with E-state index in [0.29, 0.717) is 23.5 Å². The van der Waals surface area contributed by atoms with Gasteiger partial charge in [0.05, 0.1) is 11.9 Å². The van der Waals surface area contributed by atoms with E-state index < -0.39 is 11.8 Å². The van der Waals surface area contributed by atoms with Crippen LogP contribution in [0.15, 0.2) is 120 Å². The Morgan fingerprint density at radius 1 is 0.848 bits per heavy atom. The maximum Gasteiger partial charge on any atom is 0.272 e. The summed E-state index contributed by atoms with van der Waals surface area (Å²) >= 11 is 1.41. The first-order valence-corrected chi connectivity index (χ1v) is 16.0. The maximum atomic E-state index is 13.5. The Balaban J connectivity index is 1.22. The Labute approximate surface area is 272 Å². The van der Waals surface area contributed by atoms with Gasteiger partial charge in [0.2, 0.25) is 5.91 Å². The van der Waals surface area contributed by atoms with Gasteiger partial charge in [-0.3, -0.25) is 14.4 Å². The van der Waals surface area contributed by atoms with Gasteiger partial charge in [-0.2, -0.15) is 0 Å². The van der Waals surface area contributed by atoms with Gasteiger partial charge in [-0.05, 0) is 86.2 Å². The van der Waals surface area contributed by atoms with Crippen molar-refractivity contribution in [3.05, 3.63) is 126 Å². The lowest BCUT2D eigenvalue weighted by atomic mass is 10.1. The molecule has 4 N–H and O–H groups in total. The molecule has 5 rings (SSSR count). The van der Waals surface area contributed by atoms with Gasteiger partial charge in [-0.25, -0.2) is 0 Å². The van der Waals surface area contributed by atoms with Crippen LogP contribution < -0.4 is 20.7 Å². The predicted octanol–water partition coefficient (Wildman–Crippen LogP) is 7.88. The van der Waals surface area contributed by atoms with E-state index in [0.717, 1.165) is 40.0 Å². The molecule has 1 heterocycles. The average Bonchev–Trinajstić information content (AvgIpc) is 3.49. The number of ether oxygens (including phenoxy) is 1. The first-order chi connectivity index (χ1) is 22.4. The number of aromatic nitrogens is 1. The Morgan fingerprint density at radius 2 is 1.52 bits per heavy atom. The van der Waals surface area contributed by atoms with Crippen LogP contribution in [0.25, 0.3) is 17.0 Å². The van der Waals surface area contributed by atoms with Crippen LogP contribution in [0, 0.1) is 0 Å². The van der Waals surface area contributed by atoms with E-state index in [4.69, 9.17) is 4.74 Å². The average molecular weight is 633 g/mol. The van der Waals surface area contributed by atoms with E-state index in [1.54, 1.807) is 48.7 Å². The molecule has 5 aromatic rings. The number of nitrogens with one attached hydrogen (secondary N) is 4. The number of anilines is 2. The number of H-pyrrole nitrogens is 1. The largest absolute Gasteiger partial charge is 0.494 e. The molecule has 0 bridgehead atoms. The molecule has 0 unspecified atom stereocenters. The summed E-state index contributed by atoms with van der Waals surface area (Å²) in [6.45, 7) is 4.63. The smallest absolute Gasteiger partial charge is 0.272 e. The lowest BCUT2D eigenvalue weighted by Gasteiger charge is -2.14. The van der Waals surface area contributed by atoms with Crippen LogP contribution in [0.1, 0.15) is 42.6 Å². The fourth-order valence-electron chi connectivity index (χ4n) is 4.60. The van der Waals surface area contributed by atoms with E-state index in [2.05, 4.69) is 27.9 Å². The monoisotopic (exact) mass is 632 g/mol. The molecule has 4 aromatic carbocycles. The summed E-state index contributed by atoms with van der Waals surface area (Å²) in [7, 11) is 0. The highest BCUT2D eigenvalue weighted by Gasteiger charge is 2.18. The molecule has 3 amide bonds. The molecule has 0 aliphatic rings. The normalized spacial score (nSPS) is 11.9. The van der Waals surface area contributed by atoms with Crippen molar-refractivity contribution >= 4 is 57.8 Å². The molecule has 1 atom stereocenters. The van der Waals surface area contributed by atoms with Gasteiger partial charge >= 0.3 is 0 Å². The van der Waals surface area contributed by atoms with E-state index in [9.17, 15) is 14.4 Å². The summed E-state index contributed by atoms with van der Waals surface area (Å²) < 4.78 is 5.69. The molecular weight excluding hydrogens is 596 g/mol. The quantitative estimate of drug-likeness (QED) is 0.0600. The maximum absolute atomic E-state index is 13.5. The summed E-state index contributed by atoms with van der Waals surface area (Å²) in [6.07, 6.45) is 5.53. The molecule has 8 nitrogen and oxygen atoms in total. The Hall–Kier alpha value is -5.28. The number of aromatic amines is 1. The number of benzene rings is 4. The summed E-state index contributed by atoms with van der Waals surface area (Å²) in [5, 5.41) is 9.18. The van der Waals surface area contributed by atoms with Gasteiger partial charge in [0.15, 0.2) is 0 Å². The highest BCUT2D eigenvalue weighted by molar-refractivity contribution is 8.00. The first kappa shape index (κ1) is 32.1. The minimum atomic E-state index is -0.468. The SMILES string of the molecule is CCCCOc1ccc(NC(=O)[C@H](C)Sc2ccc(NC(=O)/C(=C\c3c[nH]c4ccccc34)NC(=O)c3ccccc3)cc2)cc1. The van der Waals surface area contributed by atoms with Crippen molar-refractivity contribution in [2.45, 2.75) is 36.8 Å². The summed E-state index contributed by atoms with van der Waals surface area (Å²) in [6, 6.07) is 31.1. The zero-order valence-electron chi connectivity index (χ0n) is 25.7. The number of fused-ring (bicyclic) bond motifs is 1. The predicted molar refractivity (Wildman–Crippen MR) is 186 cm³/mol. The minimum absolute atomic E-state index is 0.0999. The zero-order chi connectivity index (χ0) is 32.3. The molecule has 234 valence electrons. The van der Waals surface area contributed by atoms with Crippen LogP contribution in [0.3, 0.4) is 0 Å². The molecule has 0 spiro atoms. The van der Waals surface area contributed by atoms with Crippen LogP contribution in [0.5, 0.6) is 5.75 Å². The van der Waals surface area contributed by atoms with Gasteiger partial charge in [0.1, 0.15) is 11.4 Å². The third-order valence-electron chi connectivity index (χ3n) is 7.13. The minimum Gasteiger partial charge on any atom is -0.494 e. The zero-order valence-corrected chi connectivity index (χ0v) is 26.5. The molecule has 1 aromatic heterocycles. The molecule has 46 heavy (non-hydrogen) atoms. The number of carbonyl (C=O) groups is 3. The van der Waals surface area contributed by atoms with Crippen LogP contribution in [-0.4, -0.2) is 34.6 Å². The summed E-state index contributed by atoms with van der Waals surface area (Å²) in [5.74, 6) is -0.204. The lowest BCUT2D eigenvalue weighted by molar-refractivity contribution is -0.115. The number of rotatable bonds is 13. The van der Waals surface area contributed by atoms with Crippen LogP contribution in [0.2, 0.25) is 0 Å². The fraction of sp³-hybridized carbons (Fsp3) is 0.162. The molecule has 0 saturated carbocycles. The number of carbonyl (C=O) groups excluding carboxylic acids is 3. The van der Waals surface area contributed by atoms with Gasteiger partial charge in [-0.1, -0.05) is 49.7 Å². The number of thioether (sulfide) groups is 1. The number of amides is 3. The Bertz CT molecular complexity index is 1820. The van der Waals surface area contributed by atoms with Crippen molar-refractivity contribution in [2.24, 2.45) is 0 Å². The third kappa shape index (κ3) is 8.67. The number of unbranched alkanes of at least 4 members (excludes halogenated alkanes) is 1. The fourth-order valence-corrected chi connectivity index (χ4v) is 5.46. The van der Waals surface area contributed by atoms with Crippen molar-refractivity contribution in [1.82, 2.24) is 10.3 Å². The molecule has 0 fully saturated rings. The van der Waals surface area contributed by atoms with Crippen molar-refractivity contribution < 1.29 is 19.1 Å². The van der Waals surface area contributed by atoms with E-state index >= 15 is 0 Å². The molecule has 9 heteroatoms. The second-order valence-electron chi connectivity index (χ2n) is 10.6. The number of para-hydroxylation sites is 1. The molecule has 0 radical (unpaired) electrons. The van der Waals surface area contributed by atoms with E-state index in [1.807, 2.05) is 73.7 Å². The van der Waals surface area contributed by atoms with E-state index in [1.165, 1.54) is 11.8 Å². The Kier molecular flexibility index (Phi) is 10.9. The lowest BCUT2D eigenvalue weighted by Crippen LogP contribution is -2.30. The summed E-state index contributed by atoms with van der Waals surface area (Å²) in [4.78, 5) is 43.4. The standard InChI is InChI=1S/C37H36N4O4S/c1-3-4-22-45-30-18-14-28(15-19-30)39-35(42)25(2)46-31-20-16-29(17-21-31)40-37(44)34(41-36(43)26-10-6-5-7-11-26)23-27-24-38-33-13-9-8-12-32(27)33/h5-21,23-25,38H,3-4,22H2,1-2H3,(H,39,42)(H,40,44)(H,41,43)/b34-23+/t25-/m0/s1. The highest BCUT2D eigenvalue weighted by atomic mass is 32.2. The van der Waals surface area contributed by atoms with E-state index in [-0.39, 0.29) is 16.9 Å². The molecule has 0 aliphatic carbocycles. The first-order valence-electron chi connectivity index (χ1n) is 15.2. The highest BCUT2D eigenvalue weighted by Crippen LogP contribution is 2.27.